The lowest BCUT2D eigenvalue weighted by molar-refractivity contribution is -0.137. The Morgan fingerprint density at radius 2 is 1.63 bits per heavy atom. The van der Waals surface area contributed by atoms with Crippen LogP contribution in [-0.2, 0) is 40.9 Å². The van der Waals surface area contributed by atoms with E-state index in [0.717, 1.165) is 55.3 Å². The molecule has 2 fully saturated rings. The fraction of sp³-hybridized carbons (Fsp3) is 0.373. The summed E-state index contributed by atoms with van der Waals surface area (Å²) in [6.07, 6.45) is 1.56. The Morgan fingerprint density at radius 1 is 0.881 bits per heavy atom. The molecular weight excluding hydrogens is 858 g/mol. The Morgan fingerprint density at radius 3 is 2.37 bits per heavy atom. The van der Waals surface area contributed by atoms with Gasteiger partial charge >= 0.3 is 5.97 Å². The number of aromatic nitrogens is 3. The standard InChI is InChI=1S/C51H54FN7O8/c1-30-13-15-37-36(10-7-26-66-41-11-5-8-33-28-34(52)14-16-35(33)41)48(51(64)65)58(47(37)45(30)46-31(2)54-55(4)32(46)3)25-22-56-20-23-57(24-21-56)44(61)19-27-67-42-12-6-9-38-39(42)29-59(50(38)63)40-17-18-43(60)53-49(40)62/h5-6,8-9,11-16,28,40H,7,10,17-27,29H2,1-4H3,(H,64,65)(H,53,60,62). The number of nitrogens with zero attached hydrogens (tertiary/aromatic N) is 6. The summed E-state index contributed by atoms with van der Waals surface area (Å²) in [6.45, 7) is 9.86. The van der Waals surface area contributed by atoms with Gasteiger partial charge in [0.05, 0.1) is 37.4 Å². The highest BCUT2D eigenvalue weighted by atomic mass is 19.1. The zero-order chi connectivity index (χ0) is 47.1. The Bertz CT molecular complexity index is 2970. The minimum Gasteiger partial charge on any atom is -0.493 e. The molecule has 3 aliphatic heterocycles. The normalized spacial score (nSPS) is 16.6. The third kappa shape index (κ3) is 8.73. The minimum absolute atomic E-state index is 0.0525. The summed E-state index contributed by atoms with van der Waals surface area (Å²) < 4.78 is 30.1. The number of imide groups is 1. The summed E-state index contributed by atoms with van der Waals surface area (Å²) in [6, 6.07) is 18.7. The second kappa shape index (κ2) is 18.7. The van der Waals surface area contributed by atoms with Crippen LogP contribution in [0.25, 0.3) is 32.8 Å². The molecule has 15 nitrogen and oxygen atoms in total. The highest BCUT2D eigenvalue weighted by Gasteiger charge is 2.40. The summed E-state index contributed by atoms with van der Waals surface area (Å²) in [4.78, 5) is 69.9. The first kappa shape index (κ1) is 45.1. The monoisotopic (exact) mass is 911 g/mol. The largest absolute Gasteiger partial charge is 0.493 e. The van der Waals surface area contributed by atoms with Crippen LogP contribution >= 0.6 is 0 Å². The average Bonchev–Trinajstić information content (AvgIpc) is 3.90. The van der Waals surface area contributed by atoms with Gasteiger partial charge in [0, 0.05) is 91.5 Å². The van der Waals surface area contributed by atoms with Crippen LogP contribution in [0.2, 0.25) is 0 Å². The quantitative estimate of drug-likeness (QED) is 0.0876. The van der Waals surface area contributed by atoms with Crippen molar-refractivity contribution in [3.8, 4) is 22.6 Å². The van der Waals surface area contributed by atoms with E-state index in [1.165, 1.54) is 17.0 Å². The first-order chi connectivity index (χ1) is 32.3. The first-order valence-corrected chi connectivity index (χ1v) is 22.9. The van der Waals surface area contributed by atoms with Gasteiger partial charge in [-0.3, -0.25) is 34.1 Å². The van der Waals surface area contributed by atoms with Gasteiger partial charge in [-0.2, -0.15) is 5.10 Å². The van der Waals surface area contributed by atoms with Gasteiger partial charge in [-0.05, 0) is 92.9 Å². The molecular formula is C51H54FN7O8. The molecule has 4 aromatic carbocycles. The average molecular weight is 912 g/mol. The van der Waals surface area contributed by atoms with E-state index in [9.17, 15) is 33.5 Å². The van der Waals surface area contributed by atoms with Gasteiger partial charge in [0.1, 0.15) is 29.1 Å². The molecule has 5 heterocycles. The third-order valence-electron chi connectivity index (χ3n) is 13.6. The molecule has 0 spiro atoms. The van der Waals surface area contributed by atoms with E-state index < -0.39 is 17.9 Å². The smallest absolute Gasteiger partial charge is 0.352 e. The fourth-order valence-corrected chi connectivity index (χ4v) is 10.1. The zero-order valence-electron chi connectivity index (χ0n) is 38.2. The molecule has 0 radical (unpaired) electrons. The molecule has 1 unspecified atom stereocenters. The van der Waals surface area contributed by atoms with Crippen molar-refractivity contribution in [2.45, 2.75) is 72.0 Å². The van der Waals surface area contributed by atoms with Crippen molar-refractivity contribution in [2.75, 3.05) is 45.9 Å². The molecule has 0 saturated carbocycles. The number of hydrogen-bond donors (Lipinski definition) is 2. The lowest BCUT2D eigenvalue weighted by Gasteiger charge is -2.35. The number of fused-ring (bicyclic) bond motifs is 3. The van der Waals surface area contributed by atoms with E-state index in [-0.39, 0.29) is 61.6 Å². The summed E-state index contributed by atoms with van der Waals surface area (Å²) in [5.74, 6) is -1.37. The Balaban J connectivity index is 0.871. The van der Waals surface area contributed by atoms with Gasteiger partial charge < -0.3 is 28.9 Å². The van der Waals surface area contributed by atoms with Gasteiger partial charge in [0.15, 0.2) is 0 Å². The number of aromatic carboxylic acids is 1. The van der Waals surface area contributed by atoms with E-state index in [0.29, 0.717) is 81.3 Å². The molecule has 2 saturated heterocycles. The number of aryl methyl sites for hydroxylation is 4. The molecule has 67 heavy (non-hydrogen) atoms. The number of piperazine rings is 1. The van der Waals surface area contributed by atoms with E-state index in [1.807, 2.05) is 66.2 Å². The van der Waals surface area contributed by atoms with Crippen LogP contribution in [0.15, 0.2) is 66.7 Å². The predicted octanol–water partition coefficient (Wildman–Crippen LogP) is 6.34. The number of piperidine rings is 1. The fourth-order valence-electron chi connectivity index (χ4n) is 10.1. The second-order valence-corrected chi connectivity index (χ2v) is 17.7. The first-order valence-electron chi connectivity index (χ1n) is 22.9. The number of carboxylic acids is 1. The number of ether oxygens (including phenoxy) is 2. The maximum atomic E-state index is 13.9. The number of hydrogen-bond acceptors (Lipinski definition) is 9. The van der Waals surface area contributed by atoms with Crippen molar-refractivity contribution in [3.63, 3.8) is 0 Å². The van der Waals surface area contributed by atoms with Crippen molar-refractivity contribution >= 4 is 51.3 Å². The number of carboxylic acid groups (broad SMARTS) is 1. The highest BCUT2D eigenvalue weighted by Crippen LogP contribution is 2.40. The van der Waals surface area contributed by atoms with Crippen molar-refractivity contribution in [1.29, 1.82) is 0 Å². The van der Waals surface area contributed by atoms with Crippen molar-refractivity contribution in [3.05, 3.63) is 112 Å². The molecule has 16 heteroatoms. The number of nitrogens with one attached hydrogen (secondary N) is 1. The molecule has 348 valence electrons. The molecule has 4 amide bonds. The van der Waals surface area contributed by atoms with Gasteiger partial charge in [0.25, 0.3) is 5.91 Å². The topological polar surface area (TPSA) is 169 Å². The maximum absolute atomic E-state index is 13.9. The summed E-state index contributed by atoms with van der Waals surface area (Å²) in [5, 5.41) is 20.4. The number of amides is 4. The van der Waals surface area contributed by atoms with Gasteiger partial charge in [-0.1, -0.05) is 30.3 Å². The molecule has 2 N–H and O–H groups in total. The Hall–Kier alpha value is -7.07. The minimum atomic E-state index is -1.01. The molecule has 0 bridgehead atoms. The number of rotatable bonds is 15. The number of carbonyl (C=O) groups excluding carboxylic acids is 4. The van der Waals surface area contributed by atoms with Crippen molar-refractivity contribution in [1.82, 2.24) is 34.4 Å². The SMILES string of the molecule is Cc1ccc2c(CCCOc3cccc4cc(F)ccc34)c(C(=O)O)n(CCN3CCN(C(=O)CCOc4cccc5c4CN(C4CCC(=O)NC4=O)C5=O)CC3)c2c1-c1c(C)nn(C)c1C. The number of carbonyl (C=O) groups is 5. The second-order valence-electron chi connectivity index (χ2n) is 17.7. The molecule has 6 aromatic rings. The predicted molar refractivity (Wildman–Crippen MR) is 249 cm³/mol. The van der Waals surface area contributed by atoms with E-state index in [4.69, 9.17) is 14.6 Å². The van der Waals surface area contributed by atoms with Crippen LogP contribution in [0.5, 0.6) is 11.5 Å². The van der Waals surface area contributed by atoms with E-state index in [1.54, 1.807) is 24.3 Å². The van der Waals surface area contributed by atoms with Crippen molar-refractivity contribution in [2.24, 2.45) is 7.05 Å². The molecule has 1 atom stereocenters. The number of halogens is 1. The summed E-state index contributed by atoms with van der Waals surface area (Å²) >= 11 is 0. The van der Waals surface area contributed by atoms with Crippen LogP contribution in [0.3, 0.4) is 0 Å². The van der Waals surface area contributed by atoms with Gasteiger partial charge in [0.2, 0.25) is 17.7 Å². The Kier molecular flexibility index (Phi) is 12.6. The van der Waals surface area contributed by atoms with Crippen molar-refractivity contribution < 1.29 is 42.9 Å². The molecule has 3 aliphatic rings. The number of benzene rings is 4. The van der Waals surface area contributed by atoms with Crippen LogP contribution in [-0.4, -0.2) is 116 Å². The Labute approximate surface area is 387 Å². The zero-order valence-corrected chi connectivity index (χ0v) is 38.2. The molecule has 2 aromatic heterocycles. The van der Waals surface area contributed by atoms with E-state index >= 15 is 0 Å². The third-order valence-corrected chi connectivity index (χ3v) is 13.6. The van der Waals surface area contributed by atoms with E-state index in [2.05, 4.69) is 16.3 Å². The van der Waals surface area contributed by atoms with Gasteiger partial charge in [-0.25, -0.2) is 9.18 Å². The molecule has 0 aliphatic carbocycles. The lowest BCUT2D eigenvalue weighted by Crippen LogP contribution is -2.52. The summed E-state index contributed by atoms with van der Waals surface area (Å²) in [7, 11) is 1.91. The maximum Gasteiger partial charge on any atom is 0.352 e. The lowest BCUT2D eigenvalue weighted by atomic mass is 9.94. The highest BCUT2D eigenvalue weighted by molar-refractivity contribution is 6.06. The van der Waals surface area contributed by atoms with Crippen LogP contribution < -0.4 is 14.8 Å². The van der Waals surface area contributed by atoms with Crippen LogP contribution in [0.4, 0.5) is 4.39 Å². The summed E-state index contributed by atoms with van der Waals surface area (Å²) in [5.41, 5.74) is 7.74. The van der Waals surface area contributed by atoms with Crippen LogP contribution in [0, 0.1) is 26.6 Å². The van der Waals surface area contributed by atoms with Gasteiger partial charge in [-0.15, -0.1) is 0 Å². The van der Waals surface area contributed by atoms with Crippen LogP contribution in [0.1, 0.15) is 74.6 Å². The molecule has 9 rings (SSSR count).